The van der Waals surface area contributed by atoms with Gasteiger partial charge in [-0.1, -0.05) is 44.2 Å². The van der Waals surface area contributed by atoms with Crippen molar-refractivity contribution in [3.05, 3.63) is 65.1 Å². The summed E-state index contributed by atoms with van der Waals surface area (Å²) in [6, 6.07) is 16.6. The number of amides is 1. The van der Waals surface area contributed by atoms with Crippen molar-refractivity contribution >= 4 is 54.3 Å². The minimum absolute atomic E-state index is 0.0234. The molecule has 0 aliphatic rings. The van der Waals surface area contributed by atoms with Crippen LogP contribution in [0.1, 0.15) is 39.5 Å². The third-order valence-electron chi connectivity index (χ3n) is 4.78. The van der Waals surface area contributed by atoms with Crippen LogP contribution in [0.5, 0.6) is 5.75 Å². The van der Waals surface area contributed by atoms with E-state index in [2.05, 4.69) is 15.9 Å². The Morgan fingerprint density at radius 1 is 0.906 bits per heavy atom. The average Bonchev–Trinajstić information content (AvgIpc) is 2.75. The normalized spacial score (nSPS) is 11.3. The van der Waals surface area contributed by atoms with Crippen molar-refractivity contribution in [1.82, 2.24) is 0 Å². The van der Waals surface area contributed by atoms with Crippen molar-refractivity contribution in [2.75, 3.05) is 4.31 Å². The summed E-state index contributed by atoms with van der Waals surface area (Å²) < 4.78 is 33.6. The molecule has 0 spiro atoms. The molecular weight excluding hydrogens is 494 g/mol. The van der Waals surface area contributed by atoms with Gasteiger partial charge in [0.05, 0.1) is 15.1 Å². The number of carbonyl (C=O) groups is 2. The Kier molecular flexibility index (Phi) is 7.69. The van der Waals surface area contributed by atoms with Crippen LogP contribution in [0.15, 0.2) is 70.0 Å². The first-order valence-electron chi connectivity index (χ1n) is 10.3. The van der Waals surface area contributed by atoms with Crippen LogP contribution >= 0.6 is 15.9 Å². The van der Waals surface area contributed by atoms with Gasteiger partial charge >= 0.3 is 5.97 Å². The summed E-state index contributed by atoms with van der Waals surface area (Å²) in [7, 11) is -4.17. The van der Waals surface area contributed by atoms with E-state index in [1.165, 1.54) is 24.3 Å². The Bertz CT molecular complexity index is 1260. The molecule has 32 heavy (non-hydrogen) atoms. The van der Waals surface area contributed by atoms with E-state index >= 15 is 0 Å². The summed E-state index contributed by atoms with van der Waals surface area (Å²) in [6.07, 6.45) is 1.48. The number of anilines is 1. The molecule has 168 valence electrons. The largest absolute Gasteiger partial charge is 0.425 e. The topological polar surface area (TPSA) is 80.8 Å². The Hall–Kier alpha value is -2.71. The highest BCUT2D eigenvalue weighted by atomic mass is 79.9. The molecule has 0 saturated carbocycles. The van der Waals surface area contributed by atoms with Gasteiger partial charge in [0.1, 0.15) is 5.75 Å². The number of fused-ring (bicyclic) bond motifs is 1. The van der Waals surface area contributed by atoms with Crippen molar-refractivity contribution in [3.8, 4) is 5.75 Å². The van der Waals surface area contributed by atoms with Crippen molar-refractivity contribution in [2.24, 2.45) is 0 Å². The molecule has 0 saturated heterocycles. The molecule has 0 heterocycles. The van der Waals surface area contributed by atoms with Crippen LogP contribution in [0.4, 0.5) is 5.69 Å². The highest BCUT2D eigenvalue weighted by molar-refractivity contribution is 9.10. The lowest BCUT2D eigenvalue weighted by atomic mass is 10.1. The number of halogens is 1. The molecule has 0 bridgehead atoms. The first-order chi connectivity index (χ1) is 15.3. The predicted molar refractivity (Wildman–Crippen MR) is 128 cm³/mol. The van der Waals surface area contributed by atoms with Crippen molar-refractivity contribution in [1.29, 1.82) is 0 Å². The summed E-state index contributed by atoms with van der Waals surface area (Å²) in [5, 5.41) is 1.66. The summed E-state index contributed by atoms with van der Waals surface area (Å²) in [5.74, 6) is -0.662. The quantitative estimate of drug-likeness (QED) is 0.277. The average molecular weight is 518 g/mol. The summed E-state index contributed by atoms with van der Waals surface area (Å²) in [5.41, 5.74) is 0.166. The van der Waals surface area contributed by atoms with Crippen molar-refractivity contribution < 1.29 is 22.7 Å². The first-order valence-corrected chi connectivity index (χ1v) is 12.6. The molecule has 0 N–H and O–H groups in total. The number of rotatable bonds is 8. The number of nitrogens with zero attached hydrogens (tertiary/aromatic N) is 1. The number of benzene rings is 3. The fraction of sp³-hybridized carbons (Fsp3) is 0.250. The van der Waals surface area contributed by atoms with Gasteiger partial charge < -0.3 is 4.74 Å². The first kappa shape index (κ1) is 23.9. The van der Waals surface area contributed by atoms with E-state index in [-0.39, 0.29) is 35.1 Å². The molecule has 0 fully saturated rings. The molecule has 0 aliphatic carbocycles. The van der Waals surface area contributed by atoms with Gasteiger partial charge in [-0.25, -0.2) is 12.7 Å². The van der Waals surface area contributed by atoms with Crippen molar-refractivity contribution in [2.45, 2.75) is 44.4 Å². The van der Waals surface area contributed by atoms with Crippen LogP contribution in [-0.4, -0.2) is 20.3 Å². The number of ether oxygens (including phenoxy) is 1. The van der Waals surface area contributed by atoms with Crippen molar-refractivity contribution in [3.63, 3.8) is 0 Å². The fourth-order valence-corrected chi connectivity index (χ4v) is 5.17. The molecule has 3 aromatic rings. The zero-order valence-electron chi connectivity index (χ0n) is 17.9. The molecule has 0 aromatic heterocycles. The van der Waals surface area contributed by atoms with Crippen LogP contribution in [0.25, 0.3) is 10.8 Å². The predicted octanol–water partition coefficient (Wildman–Crippen LogP) is 5.83. The highest BCUT2D eigenvalue weighted by Gasteiger charge is 2.31. The van der Waals surface area contributed by atoms with E-state index in [9.17, 15) is 18.0 Å². The Balaban J connectivity index is 2.05. The summed E-state index contributed by atoms with van der Waals surface area (Å²) >= 11 is 3.33. The number of sulfonamides is 1. The standard InChI is InChI=1S/C24H24BrNO5S/c1-3-7-23(27)26(19-12-14-22(21(25)16-19)31-24(28)8-4-2)32(29,30)20-13-11-17-9-5-6-10-18(17)15-20/h5-6,9-16H,3-4,7-8H2,1-2H3. The van der Waals surface area contributed by atoms with Gasteiger partial charge in [0.25, 0.3) is 10.0 Å². The molecule has 6 nitrogen and oxygen atoms in total. The maximum Gasteiger partial charge on any atom is 0.311 e. The van der Waals surface area contributed by atoms with Crippen LogP contribution in [0.2, 0.25) is 0 Å². The lowest BCUT2D eigenvalue weighted by Gasteiger charge is -2.23. The number of hydrogen-bond acceptors (Lipinski definition) is 5. The zero-order chi connectivity index (χ0) is 23.3. The van der Waals surface area contributed by atoms with Crippen LogP contribution < -0.4 is 9.04 Å². The molecule has 8 heteroatoms. The number of hydrogen-bond donors (Lipinski definition) is 0. The van der Waals surface area contributed by atoms with E-state index in [4.69, 9.17) is 4.74 Å². The van der Waals surface area contributed by atoms with Gasteiger partial charge in [0.15, 0.2) is 0 Å². The molecule has 0 atom stereocenters. The zero-order valence-corrected chi connectivity index (χ0v) is 20.3. The molecule has 3 aromatic carbocycles. The van der Waals surface area contributed by atoms with E-state index in [1.807, 2.05) is 38.1 Å². The van der Waals surface area contributed by atoms with Crippen LogP contribution in [-0.2, 0) is 19.6 Å². The van der Waals surface area contributed by atoms with Crippen LogP contribution in [0, 0.1) is 0 Å². The second-order valence-corrected chi connectivity index (χ2v) is 9.90. The lowest BCUT2D eigenvalue weighted by Crippen LogP contribution is -2.36. The van der Waals surface area contributed by atoms with Gasteiger partial charge in [-0.05, 0) is 69.9 Å². The summed E-state index contributed by atoms with van der Waals surface area (Å²) in [6.45, 7) is 3.68. The minimum Gasteiger partial charge on any atom is -0.425 e. The third-order valence-corrected chi connectivity index (χ3v) is 7.14. The molecule has 3 rings (SSSR count). The molecule has 0 aliphatic heterocycles. The maximum atomic E-state index is 13.6. The van der Waals surface area contributed by atoms with Gasteiger partial charge in [-0.2, -0.15) is 0 Å². The number of esters is 1. The van der Waals surface area contributed by atoms with Gasteiger partial charge in [-0.15, -0.1) is 0 Å². The van der Waals surface area contributed by atoms with Gasteiger partial charge in [0, 0.05) is 12.8 Å². The SMILES string of the molecule is CCCC(=O)Oc1ccc(N(C(=O)CCC)S(=O)(=O)c2ccc3ccccc3c2)cc1Br. The second-order valence-electron chi connectivity index (χ2n) is 7.26. The van der Waals surface area contributed by atoms with E-state index in [0.29, 0.717) is 17.3 Å². The highest BCUT2D eigenvalue weighted by Crippen LogP contribution is 2.34. The van der Waals surface area contributed by atoms with E-state index < -0.39 is 15.9 Å². The van der Waals surface area contributed by atoms with E-state index in [1.54, 1.807) is 12.1 Å². The third kappa shape index (κ3) is 5.19. The fourth-order valence-electron chi connectivity index (χ4n) is 3.24. The maximum absolute atomic E-state index is 13.6. The van der Waals surface area contributed by atoms with Gasteiger partial charge in [-0.3, -0.25) is 9.59 Å². The Morgan fingerprint density at radius 2 is 1.59 bits per heavy atom. The number of carbonyl (C=O) groups excluding carboxylic acids is 2. The monoisotopic (exact) mass is 517 g/mol. The smallest absolute Gasteiger partial charge is 0.311 e. The second kappa shape index (κ2) is 10.3. The van der Waals surface area contributed by atoms with E-state index in [0.717, 1.165) is 15.1 Å². The molecular formula is C24H24BrNO5S. The van der Waals surface area contributed by atoms with Gasteiger partial charge in [0.2, 0.25) is 5.91 Å². The Labute approximate surface area is 196 Å². The lowest BCUT2D eigenvalue weighted by molar-refractivity contribution is -0.134. The molecule has 1 amide bonds. The molecule has 0 radical (unpaired) electrons. The van der Waals surface area contributed by atoms with Crippen LogP contribution in [0.3, 0.4) is 0 Å². The minimum atomic E-state index is -4.17. The Morgan fingerprint density at radius 3 is 2.25 bits per heavy atom. The summed E-state index contributed by atoms with van der Waals surface area (Å²) in [4.78, 5) is 24.8. The molecule has 0 unspecified atom stereocenters.